The predicted octanol–water partition coefficient (Wildman–Crippen LogP) is 3.62. The maximum atomic E-state index is 12.2. The number of rotatable bonds is 3. The molecule has 1 amide bonds. The van der Waals surface area contributed by atoms with E-state index in [-0.39, 0.29) is 17.8 Å². The molecule has 0 aromatic heterocycles. The molecular weight excluding hydrogens is 290 g/mol. The first kappa shape index (κ1) is 17.5. The lowest BCUT2D eigenvalue weighted by molar-refractivity contribution is -0.125. The Balaban J connectivity index is 2.00. The first-order chi connectivity index (χ1) is 10.8. The molecular formula is C19H27NO3. The zero-order chi connectivity index (χ0) is 17.0. The fourth-order valence-electron chi connectivity index (χ4n) is 2.77. The quantitative estimate of drug-likeness (QED) is 0.855. The Bertz CT molecular complexity index is 557. The molecule has 0 saturated carbocycles. The maximum Gasteiger partial charge on any atom is 0.410 e. The van der Waals surface area contributed by atoms with Gasteiger partial charge in [-0.25, -0.2) is 4.79 Å². The first-order valence-corrected chi connectivity index (χ1v) is 8.37. The number of carbonyl (C=O) groups excluding carboxylic acids is 2. The molecule has 1 fully saturated rings. The van der Waals surface area contributed by atoms with Gasteiger partial charge < -0.3 is 9.64 Å². The normalized spacial score (nSPS) is 18.9. The number of ether oxygens (including phenoxy) is 1. The Morgan fingerprint density at radius 1 is 1.22 bits per heavy atom. The lowest BCUT2D eigenvalue weighted by Gasteiger charge is -2.33. The summed E-state index contributed by atoms with van der Waals surface area (Å²) in [6.45, 7) is 8.59. The third kappa shape index (κ3) is 5.08. The molecule has 4 nitrogen and oxygen atoms in total. The van der Waals surface area contributed by atoms with Crippen molar-refractivity contribution in [2.45, 2.75) is 52.6 Å². The first-order valence-electron chi connectivity index (χ1n) is 8.37. The summed E-state index contributed by atoms with van der Waals surface area (Å²) in [6.07, 6.45) is 1.78. The number of carbonyl (C=O) groups is 2. The van der Waals surface area contributed by atoms with E-state index < -0.39 is 5.60 Å². The highest BCUT2D eigenvalue weighted by Gasteiger charge is 2.32. The molecule has 0 radical (unpaired) electrons. The van der Waals surface area contributed by atoms with Gasteiger partial charge in [0, 0.05) is 25.4 Å². The van der Waals surface area contributed by atoms with Crippen LogP contribution < -0.4 is 0 Å². The Hall–Kier alpha value is -1.84. The van der Waals surface area contributed by atoms with Crippen molar-refractivity contribution in [3.8, 4) is 0 Å². The number of piperidine rings is 1. The van der Waals surface area contributed by atoms with Gasteiger partial charge in [-0.15, -0.1) is 0 Å². The van der Waals surface area contributed by atoms with E-state index in [4.69, 9.17) is 4.74 Å². The third-order valence-electron chi connectivity index (χ3n) is 4.09. The standard InChI is InChI=1S/C19H27NO3/c1-5-14-6-8-15(9-7-14)12-16-13-20(11-10-17(16)21)18(22)23-19(2,3)4/h6-9,16H,5,10-13H2,1-4H3. The molecule has 1 heterocycles. The lowest BCUT2D eigenvalue weighted by Crippen LogP contribution is -2.46. The van der Waals surface area contributed by atoms with Crippen LogP contribution in [-0.2, 0) is 22.4 Å². The van der Waals surface area contributed by atoms with Gasteiger partial charge in [0.2, 0.25) is 0 Å². The van der Waals surface area contributed by atoms with Crippen molar-refractivity contribution >= 4 is 11.9 Å². The monoisotopic (exact) mass is 317 g/mol. The second-order valence-electron chi connectivity index (χ2n) is 7.21. The van der Waals surface area contributed by atoms with E-state index in [0.29, 0.717) is 25.9 Å². The molecule has 0 bridgehead atoms. The van der Waals surface area contributed by atoms with Crippen LogP contribution in [0.4, 0.5) is 4.79 Å². The van der Waals surface area contributed by atoms with Crippen LogP contribution in [0.15, 0.2) is 24.3 Å². The number of aryl methyl sites for hydroxylation is 1. The molecule has 1 atom stereocenters. The van der Waals surface area contributed by atoms with Crippen molar-refractivity contribution in [2.75, 3.05) is 13.1 Å². The van der Waals surface area contributed by atoms with Gasteiger partial charge in [0.05, 0.1) is 0 Å². The second kappa shape index (κ2) is 7.16. The molecule has 1 aromatic carbocycles. The van der Waals surface area contributed by atoms with E-state index in [1.54, 1.807) is 4.90 Å². The molecule has 0 N–H and O–H groups in total. The van der Waals surface area contributed by atoms with Crippen LogP contribution in [0.5, 0.6) is 0 Å². The van der Waals surface area contributed by atoms with Crippen LogP contribution in [0.3, 0.4) is 0 Å². The van der Waals surface area contributed by atoms with Crippen molar-refractivity contribution in [3.05, 3.63) is 35.4 Å². The molecule has 0 spiro atoms. The Kier molecular flexibility index (Phi) is 5.45. The summed E-state index contributed by atoms with van der Waals surface area (Å²) in [6, 6.07) is 8.37. The number of hydrogen-bond acceptors (Lipinski definition) is 3. The van der Waals surface area contributed by atoms with Crippen LogP contribution in [0.1, 0.15) is 45.2 Å². The van der Waals surface area contributed by atoms with Crippen LogP contribution in [-0.4, -0.2) is 35.5 Å². The van der Waals surface area contributed by atoms with Gasteiger partial charge in [-0.2, -0.15) is 0 Å². The average molecular weight is 317 g/mol. The molecule has 1 aliphatic rings. The second-order valence-corrected chi connectivity index (χ2v) is 7.21. The maximum absolute atomic E-state index is 12.2. The zero-order valence-corrected chi connectivity index (χ0v) is 14.6. The smallest absolute Gasteiger partial charge is 0.410 e. The summed E-state index contributed by atoms with van der Waals surface area (Å²) in [5.74, 6) is 0.105. The number of likely N-dealkylation sites (tertiary alicyclic amines) is 1. The van der Waals surface area contributed by atoms with Gasteiger partial charge in [0.25, 0.3) is 0 Å². The van der Waals surface area contributed by atoms with Crippen LogP contribution in [0.25, 0.3) is 0 Å². The molecule has 1 aliphatic heterocycles. The van der Waals surface area contributed by atoms with Crippen LogP contribution in [0, 0.1) is 5.92 Å². The fraction of sp³-hybridized carbons (Fsp3) is 0.579. The Morgan fingerprint density at radius 2 is 1.83 bits per heavy atom. The van der Waals surface area contributed by atoms with Gasteiger partial charge in [-0.1, -0.05) is 31.2 Å². The van der Waals surface area contributed by atoms with Gasteiger partial charge in [0.1, 0.15) is 11.4 Å². The van der Waals surface area contributed by atoms with Crippen molar-refractivity contribution in [2.24, 2.45) is 5.92 Å². The number of Topliss-reactive ketones (excluding diaryl/α,β-unsaturated/α-hetero) is 1. The largest absolute Gasteiger partial charge is 0.444 e. The molecule has 0 aliphatic carbocycles. The third-order valence-corrected chi connectivity index (χ3v) is 4.09. The molecule has 2 rings (SSSR count). The van der Waals surface area contributed by atoms with E-state index in [2.05, 4.69) is 31.2 Å². The van der Waals surface area contributed by atoms with Crippen LogP contribution >= 0.6 is 0 Å². The van der Waals surface area contributed by atoms with Gasteiger partial charge in [-0.05, 0) is 44.7 Å². The number of ketones is 1. The predicted molar refractivity (Wildman–Crippen MR) is 90.4 cm³/mol. The lowest BCUT2D eigenvalue weighted by atomic mass is 9.90. The van der Waals surface area contributed by atoms with Gasteiger partial charge in [0.15, 0.2) is 0 Å². The van der Waals surface area contributed by atoms with E-state index in [1.807, 2.05) is 20.8 Å². The number of amides is 1. The Labute approximate surface area is 138 Å². The topological polar surface area (TPSA) is 46.6 Å². The minimum absolute atomic E-state index is 0.135. The summed E-state index contributed by atoms with van der Waals surface area (Å²) >= 11 is 0. The summed E-state index contributed by atoms with van der Waals surface area (Å²) < 4.78 is 5.42. The minimum atomic E-state index is -0.510. The number of nitrogens with zero attached hydrogens (tertiary/aromatic N) is 1. The minimum Gasteiger partial charge on any atom is -0.444 e. The van der Waals surface area contributed by atoms with E-state index in [9.17, 15) is 9.59 Å². The molecule has 1 unspecified atom stereocenters. The summed E-state index contributed by atoms with van der Waals surface area (Å²) in [4.78, 5) is 26.1. The van der Waals surface area contributed by atoms with Gasteiger partial charge in [-0.3, -0.25) is 4.79 Å². The highest BCUT2D eigenvalue weighted by Crippen LogP contribution is 2.21. The molecule has 126 valence electrons. The van der Waals surface area contributed by atoms with E-state index in [0.717, 1.165) is 12.0 Å². The highest BCUT2D eigenvalue weighted by atomic mass is 16.6. The van der Waals surface area contributed by atoms with Crippen molar-refractivity contribution < 1.29 is 14.3 Å². The van der Waals surface area contributed by atoms with E-state index in [1.165, 1.54) is 5.56 Å². The van der Waals surface area contributed by atoms with Gasteiger partial charge >= 0.3 is 6.09 Å². The number of hydrogen-bond donors (Lipinski definition) is 0. The molecule has 4 heteroatoms. The molecule has 23 heavy (non-hydrogen) atoms. The van der Waals surface area contributed by atoms with Crippen molar-refractivity contribution in [3.63, 3.8) is 0 Å². The number of benzene rings is 1. The average Bonchev–Trinajstić information content (AvgIpc) is 2.48. The Morgan fingerprint density at radius 3 is 2.39 bits per heavy atom. The SMILES string of the molecule is CCc1ccc(CC2CN(C(=O)OC(C)(C)C)CCC2=O)cc1. The van der Waals surface area contributed by atoms with Crippen molar-refractivity contribution in [1.29, 1.82) is 0 Å². The zero-order valence-electron chi connectivity index (χ0n) is 14.6. The fourth-order valence-corrected chi connectivity index (χ4v) is 2.77. The summed E-state index contributed by atoms with van der Waals surface area (Å²) in [5, 5.41) is 0. The van der Waals surface area contributed by atoms with Crippen molar-refractivity contribution in [1.82, 2.24) is 4.90 Å². The summed E-state index contributed by atoms with van der Waals surface area (Å²) in [5.41, 5.74) is 1.93. The van der Waals surface area contributed by atoms with Crippen LogP contribution in [0.2, 0.25) is 0 Å². The highest BCUT2D eigenvalue weighted by molar-refractivity contribution is 5.84. The van der Waals surface area contributed by atoms with E-state index >= 15 is 0 Å². The molecule has 1 saturated heterocycles. The summed E-state index contributed by atoms with van der Waals surface area (Å²) in [7, 11) is 0. The molecule has 1 aromatic rings.